The Morgan fingerprint density at radius 2 is 1.78 bits per heavy atom. The number of esters is 1. The molecule has 140 valence electrons. The smallest absolute Gasteiger partial charge is 0.343 e. The second-order valence-electron chi connectivity index (χ2n) is 6.40. The van der Waals surface area contributed by atoms with E-state index in [4.69, 9.17) is 27.9 Å². The molecule has 1 aliphatic rings. The summed E-state index contributed by atoms with van der Waals surface area (Å²) in [6.45, 7) is 1.68. The van der Waals surface area contributed by atoms with Gasteiger partial charge in [0, 0.05) is 0 Å². The molecular weight excluding hydrogens is 391 g/mol. The number of imide groups is 1. The number of benzene rings is 2. The number of aryl methyl sites for hydroxylation is 1. The van der Waals surface area contributed by atoms with Crippen molar-refractivity contribution in [1.29, 1.82) is 0 Å². The first-order valence-corrected chi connectivity index (χ1v) is 8.92. The van der Waals surface area contributed by atoms with Gasteiger partial charge in [0.15, 0.2) is 0 Å². The van der Waals surface area contributed by atoms with Crippen molar-refractivity contribution in [2.24, 2.45) is 0 Å². The molecule has 0 radical (unpaired) electrons. The van der Waals surface area contributed by atoms with Crippen LogP contribution in [0.2, 0.25) is 10.0 Å². The molecule has 1 heterocycles. The number of urea groups is 1. The number of carbonyl (C=O) groups is 3. The first-order valence-electron chi connectivity index (χ1n) is 8.17. The van der Waals surface area contributed by atoms with Crippen LogP contribution in [-0.2, 0) is 11.2 Å². The first kappa shape index (κ1) is 19.2. The number of carbonyl (C=O) groups excluding carboxylic acids is 3. The fraction of sp³-hybridized carbons (Fsp3) is 0.211. The third kappa shape index (κ3) is 4.40. The van der Waals surface area contributed by atoms with Crippen molar-refractivity contribution < 1.29 is 19.1 Å². The highest BCUT2D eigenvalue weighted by Gasteiger charge is 2.41. The summed E-state index contributed by atoms with van der Waals surface area (Å²) in [5, 5.41) is 5.49. The van der Waals surface area contributed by atoms with E-state index >= 15 is 0 Å². The molecule has 0 unspecified atom stereocenters. The minimum absolute atomic E-state index is 0.276. The van der Waals surface area contributed by atoms with E-state index in [0.717, 1.165) is 5.56 Å². The van der Waals surface area contributed by atoms with Gasteiger partial charge >= 0.3 is 12.0 Å². The van der Waals surface area contributed by atoms with Gasteiger partial charge in [-0.2, -0.15) is 0 Å². The van der Waals surface area contributed by atoms with E-state index in [-0.39, 0.29) is 10.9 Å². The summed E-state index contributed by atoms with van der Waals surface area (Å²) in [6.07, 6.45) is 1.03. The molecule has 0 saturated carbocycles. The Balaban J connectivity index is 1.60. The Morgan fingerprint density at radius 1 is 1.07 bits per heavy atom. The van der Waals surface area contributed by atoms with Crippen LogP contribution in [0, 0.1) is 0 Å². The SMILES string of the molecule is C[C@]1(CCc2ccc(OC(=O)c3ccc(Cl)c(Cl)c3)cc2)NC(=O)NC1=O. The van der Waals surface area contributed by atoms with Crippen LogP contribution in [0.5, 0.6) is 5.75 Å². The normalized spacial score (nSPS) is 18.8. The Bertz CT molecular complexity index is 914. The number of amides is 3. The second kappa shape index (κ2) is 7.58. The van der Waals surface area contributed by atoms with Crippen molar-refractivity contribution in [3.8, 4) is 5.75 Å². The van der Waals surface area contributed by atoms with Gasteiger partial charge in [-0.05, 0) is 55.7 Å². The third-order valence-corrected chi connectivity index (χ3v) is 5.06. The lowest BCUT2D eigenvalue weighted by Crippen LogP contribution is -2.43. The van der Waals surface area contributed by atoms with Crippen molar-refractivity contribution in [2.45, 2.75) is 25.3 Å². The molecule has 1 atom stereocenters. The summed E-state index contributed by atoms with van der Waals surface area (Å²) in [7, 11) is 0. The molecule has 0 aromatic heterocycles. The van der Waals surface area contributed by atoms with E-state index in [0.29, 0.717) is 29.2 Å². The molecule has 1 aliphatic heterocycles. The Kier molecular flexibility index (Phi) is 5.39. The fourth-order valence-electron chi connectivity index (χ4n) is 2.66. The van der Waals surface area contributed by atoms with E-state index in [1.165, 1.54) is 18.2 Å². The maximum atomic E-state index is 12.2. The van der Waals surface area contributed by atoms with Crippen LogP contribution in [0.25, 0.3) is 0 Å². The predicted octanol–water partition coefficient (Wildman–Crippen LogP) is 3.74. The van der Waals surface area contributed by atoms with Gasteiger partial charge < -0.3 is 10.1 Å². The van der Waals surface area contributed by atoms with Gasteiger partial charge in [0.1, 0.15) is 11.3 Å². The zero-order valence-corrected chi connectivity index (χ0v) is 15.9. The molecule has 3 amide bonds. The summed E-state index contributed by atoms with van der Waals surface area (Å²) < 4.78 is 5.32. The highest BCUT2D eigenvalue weighted by atomic mass is 35.5. The zero-order valence-electron chi connectivity index (χ0n) is 14.3. The maximum absolute atomic E-state index is 12.2. The maximum Gasteiger partial charge on any atom is 0.343 e. The van der Waals surface area contributed by atoms with Crippen LogP contribution in [0.4, 0.5) is 4.79 Å². The van der Waals surface area contributed by atoms with Gasteiger partial charge in [0.25, 0.3) is 5.91 Å². The summed E-state index contributed by atoms with van der Waals surface area (Å²) in [5.41, 5.74) is 0.319. The lowest BCUT2D eigenvalue weighted by Gasteiger charge is -2.20. The molecule has 2 aromatic rings. The summed E-state index contributed by atoms with van der Waals surface area (Å²) in [4.78, 5) is 35.3. The van der Waals surface area contributed by atoms with Crippen molar-refractivity contribution in [3.05, 3.63) is 63.6 Å². The molecule has 3 rings (SSSR count). The van der Waals surface area contributed by atoms with Crippen LogP contribution in [0.15, 0.2) is 42.5 Å². The van der Waals surface area contributed by atoms with Gasteiger partial charge in [-0.25, -0.2) is 9.59 Å². The zero-order chi connectivity index (χ0) is 19.6. The van der Waals surface area contributed by atoms with Crippen molar-refractivity contribution >= 4 is 41.1 Å². The number of ether oxygens (including phenoxy) is 1. The molecular formula is C19H16Cl2N2O4. The largest absolute Gasteiger partial charge is 0.423 e. The molecule has 27 heavy (non-hydrogen) atoms. The Morgan fingerprint density at radius 3 is 2.37 bits per heavy atom. The van der Waals surface area contributed by atoms with Gasteiger partial charge in [-0.15, -0.1) is 0 Å². The number of rotatable bonds is 5. The van der Waals surface area contributed by atoms with Crippen LogP contribution < -0.4 is 15.4 Å². The molecule has 0 bridgehead atoms. The van der Waals surface area contributed by atoms with Gasteiger partial charge in [0.2, 0.25) is 0 Å². The topological polar surface area (TPSA) is 84.5 Å². The van der Waals surface area contributed by atoms with Crippen LogP contribution in [0.1, 0.15) is 29.3 Å². The van der Waals surface area contributed by atoms with Gasteiger partial charge in [-0.1, -0.05) is 35.3 Å². The minimum Gasteiger partial charge on any atom is -0.423 e. The Hall–Kier alpha value is -2.57. The summed E-state index contributed by atoms with van der Waals surface area (Å²) in [6, 6.07) is 11.0. The molecule has 6 nitrogen and oxygen atoms in total. The molecule has 8 heteroatoms. The van der Waals surface area contributed by atoms with Crippen molar-refractivity contribution in [3.63, 3.8) is 0 Å². The number of hydrogen-bond donors (Lipinski definition) is 2. The fourth-order valence-corrected chi connectivity index (χ4v) is 2.96. The summed E-state index contributed by atoms with van der Waals surface area (Å²) >= 11 is 11.7. The molecule has 2 N–H and O–H groups in total. The van der Waals surface area contributed by atoms with E-state index in [2.05, 4.69) is 10.6 Å². The van der Waals surface area contributed by atoms with Crippen molar-refractivity contribution in [1.82, 2.24) is 10.6 Å². The standard InChI is InChI=1S/C19H16Cl2N2O4/c1-19(17(25)22-18(26)23-19)9-8-11-2-5-13(6-3-11)27-16(24)12-4-7-14(20)15(21)10-12/h2-7,10H,8-9H2,1H3,(H2,22,23,25,26)/t19-/m1/s1. The third-order valence-electron chi connectivity index (χ3n) is 4.32. The second-order valence-corrected chi connectivity index (χ2v) is 7.22. The molecule has 1 saturated heterocycles. The molecule has 1 fully saturated rings. The molecule has 2 aromatic carbocycles. The molecule has 0 aliphatic carbocycles. The number of hydrogen-bond acceptors (Lipinski definition) is 4. The van der Waals surface area contributed by atoms with Crippen LogP contribution in [-0.4, -0.2) is 23.4 Å². The Labute approximate surface area is 165 Å². The van der Waals surface area contributed by atoms with E-state index in [1.54, 1.807) is 31.2 Å². The monoisotopic (exact) mass is 406 g/mol. The molecule has 0 spiro atoms. The van der Waals surface area contributed by atoms with Crippen molar-refractivity contribution in [2.75, 3.05) is 0 Å². The average Bonchev–Trinajstić information content (AvgIpc) is 2.89. The van der Waals surface area contributed by atoms with Crippen LogP contribution >= 0.6 is 23.2 Å². The minimum atomic E-state index is -0.921. The highest BCUT2D eigenvalue weighted by molar-refractivity contribution is 6.42. The lowest BCUT2D eigenvalue weighted by atomic mass is 9.93. The quantitative estimate of drug-likeness (QED) is 0.449. The predicted molar refractivity (Wildman–Crippen MR) is 101 cm³/mol. The lowest BCUT2D eigenvalue weighted by molar-refractivity contribution is -0.123. The average molecular weight is 407 g/mol. The van der Waals surface area contributed by atoms with E-state index < -0.39 is 17.5 Å². The number of nitrogens with one attached hydrogen (secondary N) is 2. The van der Waals surface area contributed by atoms with E-state index in [1.807, 2.05) is 0 Å². The summed E-state index contributed by atoms with van der Waals surface area (Å²) in [5.74, 6) is -0.494. The van der Waals surface area contributed by atoms with Gasteiger partial charge in [0.05, 0.1) is 15.6 Å². The van der Waals surface area contributed by atoms with E-state index in [9.17, 15) is 14.4 Å². The number of halogens is 2. The highest BCUT2D eigenvalue weighted by Crippen LogP contribution is 2.24. The van der Waals surface area contributed by atoms with Crippen LogP contribution in [0.3, 0.4) is 0 Å². The first-order chi connectivity index (χ1) is 12.8. The van der Waals surface area contributed by atoms with Gasteiger partial charge in [-0.3, -0.25) is 10.1 Å².